The second-order valence-corrected chi connectivity index (χ2v) is 17.6. The third-order valence-corrected chi connectivity index (χ3v) is 13.7. The molecule has 3 heteroatoms. The predicted octanol–water partition coefficient (Wildman–Crippen LogP) is 17.2. The molecule has 0 radical (unpaired) electrons. The summed E-state index contributed by atoms with van der Waals surface area (Å²) < 4.78 is 41.0. The SMILES string of the molecule is Cc1ccc(-c2c3ccccc3c(-c3cc4c5c(ccc6cc(-c7c8ccccc8c(-c8ccc(C(F)(F)F)cc8)c8ccccc78)cc(c65)C4(C)C)c3)c3ccccc23)cc1. The molecule has 0 aliphatic heterocycles. The van der Waals surface area contributed by atoms with E-state index < -0.39 is 11.7 Å². The number of hydrogen-bond donors (Lipinski definition) is 0. The van der Waals surface area contributed by atoms with Gasteiger partial charge in [-0.05, 0) is 164 Å². The summed E-state index contributed by atoms with van der Waals surface area (Å²) in [6.07, 6.45) is -4.40. The smallest absolute Gasteiger partial charge is 0.166 e. The van der Waals surface area contributed by atoms with E-state index in [1.54, 1.807) is 12.1 Å². The van der Waals surface area contributed by atoms with Crippen LogP contribution in [-0.2, 0) is 11.6 Å². The molecule has 0 N–H and O–H groups in total. The van der Waals surface area contributed by atoms with Gasteiger partial charge < -0.3 is 0 Å². The number of hydrogen-bond acceptors (Lipinski definition) is 0. The van der Waals surface area contributed by atoms with E-state index in [1.807, 2.05) is 12.1 Å². The molecule has 0 heterocycles. The Morgan fingerprint density at radius 3 is 0.984 bits per heavy atom. The van der Waals surface area contributed by atoms with Gasteiger partial charge >= 0.3 is 6.18 Å². The Balaban J connectivity index is 1.07. The maximum absolute atomic E-state index is 13.7. The quantitative estimate of drug-likeness (QED) is 0.123. The first-order chi connectivity index (χ1) is 30.1. The molecule has 11 aromatic carbocycles. The van der Waals surface area contributed by atoms with Crippen molar-refractivity contribution in [3.8, 4) is 44.5 Å². The lowest BCUT2D eigenvalue weighted by Gasteiger charge is -2.25. The average Bonchev–Trinajstić information content (AvgIpc) is 3.52. The van der Waals surface area contributed by atoms with E-state index in [0.717, 1.165) is 43.8 Å². The molecule has 0 fully saturated rings. The van der Waals surface area contributed by atoms with Crippen LogP contribution in [0.25, 0.3) is 109 Å². The van der Waals surface area contributed by atoms with Crippen molar-refractivity contribution in [3.63, 3.8) is 0 Å². The standard InChI is InChI=1S/C59H39F3/c1-34-20-22-35(23-21-34)52-42-12-4-8-16-46(42)54(47-17-9-5-13-43(47)52)39-30-37-24-25-38-31-40(33-51-57(38)56(37)50(32-39)58(51,2)3)55-48-18-10-6-14-44(48)53(45-15-7-11-19-49(45)55)36-26-28-41(29-27-36)59(60,61)62/h4-33H,1-3H3. The van der Waals surface area contributed by atoms with Gasteiger partial charge in [0.15, 0.2) is 0 Å². The first-order valence-corrected chi connectivity index (χ1v) is 21.2. The molecule has 0 amide bonds. The lowest BCUT2D eigenvalue weighted by Crippen LogP contribution is -2.15. The molecule has 0 saturated carbocycles. The third kappa shape index (κ3) is 5.27. The van der Waals surface area contributed by atoms with Gasteiger partial charge in [-0.1, -0.05) is 165 Å². The van der Waals surface area contributed by atoms with Crippen molar-refractivity contribution < 1.29 is 13.2 Å². The largest absolute Gasteiger partial charge is 0.416 e. The van der Waals surface area contributed by atoms with Crippen molar-refractivity contribution in [2.24, 2.45) is 0 Å². The molecule has 0 bridgehead atoms. The van der Waals surface area contributed by atoms with Crippen molar-refractivity contribution in [2.75, 3.05) is 0 Å². The summed E-state index contributed by atoms with van der Waals surface area (Å²) in [6, 6.07) is 63.1. The fourth-order valence-electron chi connectivity index (χ4n) is 10.8. The van der Waals surface area contributed by atoms with Crippen LogP contribution in [-0.4, -0.2) is 0 Å². The fraction of sp³-hybridized carbons (Fsp3) is 0.0847. The maximum Gasteiger partial charge on any atom is 0.416 e. The van der Waals surface area contributed by atoms with Crippen LogP contribution >= 0.6 is 0 Å². The topological polar surface area (TPSA) is 0 Å². The molecule has 0 nitrogen and oxygen atoms in total. The summed E-state index contributed by atoms with van der Waals surface area (Å²) in [6.45, 7) is 6.87. The summed E-state index contributed by atoms with van der Waals surface area (Å²) in [5, 5.41) is 14.2. The van der Waals surface area contributed by atoms with Crippen LogP contribution in [0.2, 0.25) is 0 Å². The second-order valence-electron chi connectivity index (χ2n) is 17.6. The van der Waals surface area contributed by atoms with Crippen LogP contribution in [0, 0.1) is 6.92 Å². The van der Waals surface area contributed by atoms with Crippen molar-refractivity contribution in [1.82, 2.24) is 0 Å². The molecular formula is C59H39F3. The highest BCUT2D eigenvalue weighted by atomic mass is 19.4. The zero-order valence-corrected chi connectivity index (χ0v) is 34.5. The zero-order chi connectivity index (χ0) is 42.1. The number of aryl methyl sites for hydroxylation is 1. The lowest BCUT2D eigenvalue weighted by atomic mass is 9.78. The summed E-state index contributed by atoms with van der Waals surface area (Å²) >= 11 is 0. The second kappa shape index (κ2) is 13.1. The van der Waals surface area contributed by atoms with E-state index in [0.29, 0.717) is 0 Å². The van der Waals surface area contributed by atoms with Gasteiger partial charge in [-0.25, -0.2) is 0 Å². The Morgan fingerprint density at radius 2 is 0.661 bits per heavy atom. The number of fused-ring (bicyclic) bond motifs is 4. The first kappa shape index (κ1) is 36.6. The van der Waals surface area contributed by atoms with E-state index in [4.69, 9.17) is 0 Å². The Bertz CT molecular complexity index is 3570. The van der Waals surface area contributed by atoms with Gasteiger partial charge in [0, 0.05) is 5.41 Å². The predicted molar refractivity (Wildman–Crippen MR) is 255 cm³/mol. The van der Waals surface area contributed by atoms with Gasteiger partial charge in [-0.2, -0.15) is 13.2 Å². The van der Waals surface area contributed by atoms with Gasteiger partial charge in [0.1, 0.15) is 0 Å². The van der Waals surface area contributed by atoms with Crippen molar-refractivity contribution in [1.29, 1.82) is 0 Å². The lowest BCUT2D eigenvalue weighted by molar-refractivity contribution is -0.137. The van der Waals surface area contributed by atoms with Crippen LogP contribution in [0.3, 0.4) is 0 Å². The van der Waals surface area contributed by atoms with Gasteiger partial charge in [0.2, 0.25) is 0 Å². The molecule has 0 atom stereocenters. The summed E-state index contributed by atoms with van der Waals surface area (Å²) in [7, 11) is 0. The fourth-order valence-corrected chi connectivity index (χ4v) is 10.8. The highest BCUT2D eigenvalue weighted by molar-refractivity contribution is 6.25. The molecule has 1 aliphatic rings. The molecule has 62 heavy (non-hydrogen) atoms. The highest BCUT2D eigenvalue weighted by Gasteiger charge is 2.36. The molecule has 0 spiro atoms. The highest BCUT2D eigenvalue weighted by Crippen LogP contribution is 2.54. The molecule has 0 aromatic heterocycles. The molecule has 12 rings (SSSR count). The summed E-state index contributed by atoms with van der Waals surface area (Å²) in [5.74, 6) is 0. The molecule has 11 aromatic rings. The minimum Gasteiger partial charge on any atom is -0.166 e. The third-order valence-electron chi connectivity index (χ3n) is 13.7. The maximum atomic E-state index is 13.7. The average molecular weight is 805 g/mol. The van der Waals surface area contributed by atoms with Gasteiger partial charge in [0.25, 0.3) is 0 Å². The van der Waals surface area contributed by atoms with E-state index in [-0.39, 0.29) is 5.41 Å². The number of benzene rings is 11. The number of halogens is 3. The normalized spacial score (nSPS) is 13.5. The first-order valence-electron chi connectivity index (χ1n) is 21.2. The zero-order valence-electron chi connectivity index (χ0n) is 34.5. The minimum absolute atomic E-state index is 0.314. The Labute approximate surface area is 357 Å². The van der Waals surface area contributed by atoms with E-state index in [2.05, 4.69) is 166 Å². The van der Waals surface area contributed by atoms with Crippen LogP contribution in [0.5, 0.6) is 0 Å². The van der Waals surface area contributed by atoms with Gasteiger partial charge in [-0.3, -0.25) is 0 Å². The molecule has 296 valence electrons. The van der Waals surface area contributed by atoms with E-state index >= 15 is 0 Å². The van der Waals surface area contributed by atoms with Crippen molar-refractivity contribution >= 4 is 64.6 Å². The molecule has 0 saturated heterocycles. The van der Waals surface area contributed by atoms with Crippen LogP contribution in [0.4, 0.5) is 13.2 Å². The van der Waals surface area contributed by atoms with Crippen molar-refractivity contribution in [3.05, 3.63) is 204 Å². The number of rotatable bonds is 4. The van der Waals surface area contributed by atoms with Crippen LogP contribution in [0.15, 0.2) is 182 Å². The number of alkyl halides is 3. The van der Waals surface area contributed by atoms with Crippen LogP contribution < -0.4 is 0 Å². The molecule has 0 unspecified atom stereocenters. The van der Waals surface area contributed by atoms with E-state index in [9.17, 15) is 13.2 Å². The Hall–Kier alpha value is -7.23. The van der Waals surface area contributed by atoms with Gasteiger partial charge in [0.05, 0.1) is 5.56 Å². The Kier molecular flexibility index (Phi) is 7.76. The summed E-state index contributed by atoms with van der Waals surface area (Å²) in [5.41, 5.74) is 11.8. The summed E-state index contributed by atoms with van der Waals surface area (Å²) in [4.78, 5) is 0. The minimum atomic E-state index is -4.40. The molecule has 1 aliphatic carbocycles. The van der Waals surface area contributed by atoms with Crippen molar-refractivity contribution in [2.45, 2.75) is 32.4 Å². The molecular weight excluding hydrogens is 766 g/mol. The van der Waals surface area contributed by atoms with Crippen LogP contribution in [0.1, 0.15) is 36.1 Å². The van der Waals surface area contributed by atoms with E-state index in [1.165, 1.54) is 94.2 Å². The monoisotopic (exact) mass is 804 g/mol. The Morgan fingerprint density at radius 1 is 0.355 bits per heavy atom. The van der Waals surface area contributed by atoms with Gasteiger partial charge in [-0.15, -0.1) is 0 Å².